The number of nitrogens with two attached hydrogens (primary N) is 1. The number of nitrogens with zero attached hydrogens (tertiary/aromatic N) is 2. The fraction of sp³-hybridized carbons (Fsp3) is 0.667. The highest BCUT2D eigenvalue weighted by molar-refractivity contribution is 5.97. The van der Waals surface area contributed by atoms with E-state index in [9.17, 15) is 18.0 Å². The quantitative estimate of drug-likeness (QED) is 0.751. The lowest BCUT2D eigenvalue weighted by Gasteiger charge is -2.23. The molecule has 3 N–H and O–H groups in total. The maximum Gasteiger partial charge on any atom is 0.406 e. The third kappa shape index (κ3) is 5.25. The number of halogens is 3. The summed E-state index contributed by atoms with van der Waals surface area (Å²) in [5.41, 5.74) is 5.96. The predicted octanol–water partition coefficient (Wildman–Crippen LogP) is 1.73. The molecule has 6 nitrogen and oxygen atoms in total. The molecule has 0 atom stereocenters. The summed E-state index contributed by atoms with van der Waals surface area (Å²) in [5.74, 6) is -0.842. The Labute approximate surface area is 120 Å². The Hall–Kier alpha value is -1.77. The van der Waals surface area contributed by atoms with Crippen molar-refractivity contribution in [3.05, 3.63) is 11.4 Å². The van der Waals surface area contributed by atoms with E-state index in [1.165, 1.54) is 0 Å². The fourth-order valence-corrected chi connectivity index (χ4v) is 1.72. The average molecular weight is 308 g/mol. The number of anilines is 1. The van der Waals surface area contributed by atoms with Gasteiger partial charge in [0.05, 0.1) is 11.4 Å². The summed E-state index contributed by atoms with van der Waals surface area (Å²) in [6.07, 6.45) is -4.18. The van der Waals surface area contributed by atoms with Crippen molar-refractivity contribution in [2.45, 2.75) is 26.4 Å². The Morgan fingerprint density at radius 3 is 2.62 bits per heavy atom. The van der Waals surface area contributed by atoms with Crippen molar-refractivity contribution in [2.24, 2.45) is 0 Å². The van der Waals surface area contributed by atoms with Gasteiger partial charge in [0.25, 0.3) is 5.91 Å². The number of H-pyrrole nitrogens is 1. The Kier molecular flexibility index (Phi) is 6.01. The summed E-state index contributed by atoms with van der Waals surface area (Å²) in [7, 11) is 0. The number of alkyl halides is 3. The molecule has 21 heavy (non-hydrogen) atoms. The van der Waals surface area contributed by atoms with E-state index in [2.05, 4.69) is 10.2 Å². The summed E-state index contributed by atoms with van der Waals surface area (Å²) in [4.78, 5) is 12.8. The molecule has 0 radical (unpaired) electrons. The summed E-state index contributed by atoms with van der Waals surface area (Å²) >= 11 is 0. The van der Waals surface area contributed by atoms with Crippen LogP contribution in [0.3, 0.4) is 0 Å². The molecule has 0 aliphatic carbocycles. The van der Waals surface area contributed by atoms with E-state index in [0.717, 1.165) is 0 Å². The van der Waals surface area contributed by atoms with Gasteiger partial charge >= 0.3 is 6.18 Å². The molecule has 1 heterocycles. The molecule has 1 aromatic rings. The van der Waals surface area contributed by atoms with Crippen LogP contribution in [0.2, 0.25) is 0 Å². The highest BCUT2D eigenvalue weighted by Gasteiger charge is 2.34. The third-order valence-corrected chi connectivity index (χ3v) is 2.78. The van der Waals surface area contributed by atoms with Crippen LogP contribution in [-0.4, -0.2) is 53.5 Å². The predicted molar refractivity (Wildman–Crippen MR) is 70.8 cm³/mol. The number of rotatable bonds is 7. The second-order valence-electron chi connectivity index (χ2n) is 4.50. The standard InChI is InChI=1S/C12H19F3N4O2/c1-3-21-6-4-5-19(7-12(13,14)15)11(20)10-9(16)8(2)17-18-10/h3-7,16H2,1-2H3,(H,17,18). The van der Waals surface area contributed by atoms with Crippen molar-refractivity contribution in [1.82, 2.24) is 15.1 Å². The van der Waals surface area contributed by atoms with Gasteiger partial charge in [0.15, 0.2) is 5.69 Å². The van der Waals surface area contributed by atoms with Crippen molar-refractivity contribution in [3.8, 4) is 0 Å². The molecular formula is C12H19F3N4O2. The third-order valence-electron chi connectivity index (χ3n) is 2.78. The maximum atomic E-state index is 12.6. The van der Waals surface area contributed by atoms with Crippen LogP contribution in [0.25, 0.3) is 0 Å². The van der Waals surface area contributed by atoms with Crippen molar-refractivity contribution in [1.29, 1.82) is 0 Å². The van der Waals surface area contributed by atoms with Gasteiger partial charge in [-0.1, -0.05) is 0 Å². The van der Waals surface area contributed by atoms with E-state index in [0.29, 0.717) is 23.6 Å². The zero-order chi connectivity index (χ0) is 16.0. The van der Waals surface area contributed by atoms with Crippen molar-refractivity contribution < 1.29 is 22.7 Å². The van der Waals surface area contributed by atoms with E-state index in [1.54, 1.807) is 13.8 Å². The molecule has 0 saturated heterocycles. The van der Waals surface area contributed by atoms with Crippen LogP contribution >= 0.6 is 0 Å². The Balaban J connectivity index is 2.79. The number of carbonyl (C=O) groups excluding carboxylic acids is 1. The zero-order valence-electron chi connectivity index (χ0n) is 12.0. The lowest BCUT2D eigenvalue weighted by atomic mass is 10.2. The first kappa shape index (κ1) is 17.3. The Morgan fingerprint density at radius 1 is 1.48 bits per heavy atom. The van der Waals surface area contributed by atoms with E-state index in [4.69, 9.17) is 10.5 Å². The van der Waals surface area contributed by atoms with Gasteiger partial charge in [-0.2, -0.15) is 18.3 Å². The first-order valence-corrected chi connectivity index (χ1v) is 6.50. The van der Waals surface area contributed by atoms with Gasteiger partial charge in [-0.25, -0.2) is 0 Å². The monoisotopic (exact) mass is 308 g/mol. The van der Waals surface area contributed by atoms with Crippen molar-refractivity contribution in [2.75, 3.05) is 32.0 Å². The Morgan fingerprint density at radius 2 is 2.14 bits per heavy atom. The van der Waals surface area contributed by atoms with Gasteiger partial charge in [-0.05, 0) is 20.3 Å². The van der Waals surface area contributed by atoms with E-state index < -0.39 is 18.6 Å². The first-order valence-electron chi connectivity index (χ1n) is 6.50. The van der Waals surface area contributed by atoms with Crippen LogP contribution in [0.4, 0.5) is 18.9 Å². The van der Waals surface area contributed by atoms with Crippen LogP contribution in [0, 0.1) is 6.92 Å². The molecule has 1 rings (SSSR count). The largest absolute Gasteiger partial charge is 0.406 e. The number of aryl methyl sites for hydroxylation is 1. The molecule has 0 fully saturated rings. The number of amides is 1. The summed E-state index contributed by atoms with van der Waals surface area (Å²) < 4.78 is 42.8. The number of hydrogen-bond donors (Lipinski definition) is 2. The van der Waals surface area contributed by atoms with Gasteiger partial charge in [-0.15, -0.1) is 0 Å². The van der Waals surface area contributed by atoms with Gasteiger partial charge in [0.1, 0.15) is 6.54 Å². The van der Waals surface area contributed by atoms with Crippen LogP contribution in [0.15, 0.2) is 0 Å². The molecule has 0 unspecified atom stereocenters. The number of aromatic amines is 1. The number of hydrogen-bond acceptors (Lipinski definition) is 4. The number of aromatic nitrogens is 2. The van der Waals surface area contributed by atoms with Gasteiger partial charge < -0.3 is 15.4 Å². The molecule has 9 heteroatoms. The van der Waals surface area contributed by atoms with Gasteiger partial charge in [-0.3, -0.25) is 9.89 Å². The van der Waals surface area contributed by atoms with Crippen molar-refractivity contribution >= 4 is 11.6 Å². The number of nitrogens with one attached hydrogen (secondary N) is 1. The topological polar surface area (TPSA) is 84.2 Å². The number of nitrogen functional groups attached to an aromatic ring is 1. The first-order chi connectivity index (χ1) is 9.76. The van der Waals surface area contributed by atoms with E-state index >= 15 is 0 Å². The molecule has 0 aliphatic rings. The summed E-state index contributed by atoms with van der Waals surface area (Å²) in [6.45, 7) is 2.70. The van der Waals surface area contributed by atoms with Gasteiger partial charge in [0, 0.05) is 19.8 Å². The molecule has 1 aromatic heterocycles. The van der Waals surface area contributed by atoms with Crippen LogP contribution < -0.4 is 5.73 Å². The minimum absolute atomic E-state index is 0.0667. The van der Waals surface area contributed by atoms with E-state index in [1.807, 2.05) is 0 Å². The average Bonchev–Trinajstić information content (AvgIpc) is 2.72. The second kappa shape index (κ2) is 7.30. The van der Waals surface area contributed by atoms with E-state index in [-0.39, 0.29) is 24.5 Å². The second-order valence-corrected chi connectivity index (χ2v) is 4.50. The smallest absolute Gasteiger partial charge is 0.395 e. The maximum absolute atomic E-state index is 12.6. The minimum Gasteiger partial charge on any atom is -0.395 e. The molecule has 1 amide bonds. The molecule has 0 saturated carbocycles. The van der Waals surface area contributed by atoms with Crippen LogP contribution in [0.5, 0.6) is 0 Å². The summed E-state index contributed by atoms with van der Waals surface area (Å²) in [5, 5.41) is 6.15. The molecule has 0 spiro atoms. The number of ether oxygens (including phenoxy) is 1. The molecule has 0 aromatic carbocycles. The van der Waals surface area contributed by atoms with Crippen LogP contribution in [-0.2, 0) is 4.74 Å². The fourth-order valence-electron chi connectivity index (χ4n) is 1.72. The zero-order valence-corrected chi connectivity index (χ0v) is 12.0. The highest BCUT2D eigenvalue weighted by Crippen LogP contribution is 2.20. The lowest BCUT2D eigenvalue weighted by Crippen LogP contribution is -2.40. The lowest BCUT2D eigenvalue weighted by molar-refractivity contribution is -0.141. The Bertz CT molecular complexity index is 474. The minimum atomic E-state index is -4.48. The van der Waals surface area contributed by atoms with Crippen LogP contribution in [0.1, 0.15) is 29.5 Å². The van der Waals surface area contributed by atoms with Crippen molar-refractivity contribution in [3.63, 3.8) is 0 Å². The summed E-state index contributed by atoms with van der Waals surface area (Å²) in [6, 6.07) is 0. The number of carbonyl (C=O) groups is 1. The normalized spacial score (nSPS) is 11.7. The highest BCUT2D eigenvalue weighted by atomic mass is 19.4. The SMILES string of the molecule is CCOCCCN(CC(F)(F)F)C(=O)c1n[nH]c(C)c1N. The molecule has 0 bridgehead atoms. The molecule has 120 valence electrons. The molecular weight excluding hydrogens is 289 g/mol. The molecule has 0 aliphatic heterocycles. The van der Waals surface area contributed by atoms with Gasteiger partial charge in [0.2, 0.25) is 0 Å².